The highest BCUT2D eigenvalue weighted by molar-refractivity contribution is 5.89. The maximum absolute atomic E-state index is 12.4. The van der Waals surface area contributed by atoms with Gasteiger partial charge in [-0.25, -0.2) is 9.59 Å². The van der Waals surface area contributed by atoms with Crippen molar-refractivity contribution in [2.24, 2.45) is 0 Å². The number of nitrogens with one attached hydrogen (secondary N) is 2. The zero-order valence-electron chi connectivity index (χ0n) is 17.2. The summed E-state index contributed by atoms with van der Waals surface area (Å²) in [5.41, 5.74) is 4.29. The average molecular weight is 430 g/mol. The Kier molecular flexibility index (Phi) is 7.15. The lowest BCUT2D eigenvalue weighted by Gasteiger charge is -2.20. The molecule has 2 aromatic rings. The summed E-state index contributed by atoms with van der Waals surface area (Å²) < 4.78 is 5.42. The minimum Gasteiger partial charge on any atom is -0.480 e. The van der Waals surface area contributed by atoms with Crippen molar-refractivity contribution in [3.8, 4) is 35.8 Å². The van der Waals surface area contributed by atoms with E-state index in [0.717, 1.165) is 22.3 Å². The Bertz CT molecular complexity index is 1070. The van der Waals surface area contributed by atoms with Crippen LogP contribution in [0.25, 0.3) is 11.1 Å². The van der Waals surface area contributed by atoms with Crippen LogP contribution in [0.2, 0.25) is 0 Å². The molecule has 1 aliphatic carbocycles. The lowest BCUT2D eigenvalue weighted by molar-refractivity contribution is -0.141. The van der Waals surface area contributed by atoms with Gasteiger partial charge >= 0.3 is 12.1 Å². The van der Waals surface area contributed by atoms with Crippen molar-refractivity contribution >= 4 is 18.0 Å². The van der Waals surface area contributed by atoms with E-state index in [1.807, 2.05) is 48.5 Å². The van der Waals surface area contributed by atoms with E-state index in [1.165, 1.54) is 0 Å². The molecule has 7 nitrogen and oxygen atoms in total. The van der Waals surface area contributed by atoms with E-state index in [2.05, 4.69) is 22.5 Å². The molecular weight excluding hydrogens is 408 g/mol. The summed E-state index contributed by atoms with van der Waals surface area (Å²) in [6.07, 6.45) is 9.27. The van der Waals surface area contributed by atoms with E-state index >= 15 is 0 Å². The lowest BCUT2D eigenvalue weighted by atomic mass is 9.98. The molecule has 2 aromatic carbocycles. The van der Waals surface area contributed by atoms with Crippen molar-refractivity contribution in [1.82, 2.24) is 10.6 Å². The van der Waals surface area contributed by atoms with Gasteiger partial charge in [0.1, 0.15) is 18.7 Å². The normalized spacial score (nSPS) is 13.4. The number of terminal acetylenes is 2. The predicted octanol–water partition coefficient (Wildman–Crippen LogP) is 2.51. The Balaban J connectivity index is 1.65. The minimum atomic E-state index is -1.28. The Hall–Kier alpha value is -4.23. The molecule has 2 amide bonds. The van der Waals surface area contributed by atoms with Crippen LogP contribution in [-0.2, 0) is 14.3 Å². The Morgan fingerprint density at radius 1 is 0.906 bits per heavy atom. The molecule has 162 valence electrons. The zero-order valence-corrected chi connectivity index (χ0v) is 17.2. The SMILES string of the molecule is C#CCC(NC(=O)C(CC#C)NC(=O)OCC1c2ccccc2-c2ccccc21)C(=O)O. The number of rotatable bonds is 8. The molecule has 2 atom stereocenters. The van der Waals surface area contributed by atoms with Crippen molar-refractivity contribution < 1.29 is 24.2 Å². The van der Waals surface area contributed by atoms with Gasteiger partial charge in [-0.05, 0) is 22.3 Å². The molecule has 0 fully saturated rings. The number of carboxylic acid groups (broad SMARTS) is 1. The van der Waals surface area contributed by atoms with Crippen LogP contribution in [0.1, 0.15) is 29.9 Å². The molecule has 0 radical (unpaired) electrons. The molecule has 2 unspecified atom stereocenters. The quantitative estimate of drug-likeness (QED) is 0.558. The summed E-state index contributed by atoms with van der Waals surface area (Å²) in [6.45, 7) is 0.0685. The van der Waals surface area contributed by atoms with Gasteiger partial charge in [0.05, 0.1) is 0 Å². The summed E-state index contributed by atoms with van der Waals surface area (Å²) >= 11 is 0. The van der Waals surface area contributed by atoms with Gasteiger partial charge in [0.2, 0.25) is 5.91 Å². The van der Waals surface area contributed by atoms with Gasteiger partial charge in [0, 0.05) is 18.8 Å². The fourth-order valence-corrected chi connectivity index (χ4v) is 3.70. The standard InChI is InChI=1S/C25H22N2O5/c1-3-9-21(23(28)26-22(10-4-2)24(29)30)27-25(31)32-15-20-18-13-7-5-11-16(18)17-12-6-8-14-19(17)20/h1-2,5-8,11-14,20-22H,9-10,15H2,(H,26,28)(H,27,31)(H,29,30). The molecule has 0 bridgehead atoms. The Labute approximate surface area is 186 Å². The second-order valence-corrected chi connectivity index (χ2v) is 7.24. The molecule has 0 heterocycles. The van der Waals surface area contributed by atoms with Crippen LogP contribution in [0.3, 0.4) is 0 Å². The highest BCUT2D eigenvalue weighted by Gasteiger charge is 2.30. The van der Waals surface area contributed by atoms with Crippen molar-refractivity contribution in [3.05, 3.63) is 59.7 Å². The van der Waals surface area contributed by atoms with Crippen LogP contribution < -0.4 is 10.6 Å². The minimum absolute atomic E-state index is 0.0685. The van der Waals surface area contributed by atoms with Crippen molar-refractivity contribution in [2.75, 3.05) is 6.61 Å². The first kappa shape index (κ1) is 22.5. The first-order valence-corrected chi connectivity index (χ1v) is 9.97. The van der Waals surface area contributed by atoms with E-state index in [-0.39, 0.29) is 25.4 Å². The fourth-order valence-electron chi connectivity index (χ4n) is 3.70. The largest absolute Gasteiger partial charge is 0.480 e. The van der Waals surface area contributed by atoms with Crippen molar-refractivity contribution in [1.29, 1.82) is 0 Å². The summed E-state index contributed by atoms with van der Waals surface area (Å²) in [5.74, 6) is 2.31. The lowest BCUT2D eigenvalue weighted by Crippen LogP contribution is -2.51. The van der Waals surface area contributed by atoms with E-state index in [4.69, 9.17) is 22.7 Å². The Morgan fingerprint density at radius 2 is 1.44 bits per heavy atom. The van der Waals surface area contributed by atoms with Crippen LogP contribution in [0.4, 0.5) is 4.79 Å². The van der Waals surface area contributed by atoms with Crippen molar-refractivity contribution in [2.45, 2.75) is 30.8 Å². The summed E-state index contributed by atoms with van der Waals surface area (Å²) in [4.78, 5) is 36.1. The fraction of sp³-hybridized carbons (Fsp3) is 0.240. The third-order valence-corrected chi connectivity index (χ3v) is 5.21. The van der Waals surface area contributed by atoms with Gasteiger partial charge in [-0.15, -0.1) is 24.7 Å². The Morgan fingerprint density at radius 3 is 1.97 bits per heavy atom. The number of benzene rings is 2. The van der Waals surface area contributed by atoms with Gasteiger partial charge in [-0.2, -0.15) is 0 Å². The predicted molar refractivity (Wildman–Crippen MR) is 118 cm³/mol. The van der Waals surface area contributed by atoms with Crippen LogP contribution in [0.5, 0.6) is 0 Å². The van der Waals surface area contributed by atoms with E-state index in [9.17, 15) is 14.4 Å². The molecule has 0 aromatic heterocycles. The maximum atomic E-state index is 12.4. The van der Waals surface area contributed by atoms with Gasteiger partial charge < -0.3 is 20.5 Å². The first-order chi connectivity index (χ1) is 15.5. The van der Waals surface area contributed by atoms with Crippen LogP contribution in [-0.4, -0.2) is 41.8 Å². The molecule has 3 rings (SSSR count). The monoisotopic (exact) mass is 430 g/mol. The number of hydrogen-bond donors (Lipinski definition) is 3. The third-order valence-electron chi connectivity index (χ3n) is 5.21. The van der Waals surface area contributed by atoms with Crippen molar-refractivity contribution in [3.63, 3.8) is 0 Å². The first-order valence-electron chi connectivity index (χ1n) is 9.97. The van der Waals surface area contributed by atoms with Gasteiger partial charge in [-0.3, -0.25) is 4.79 Å². The number of alkyl carbamates (subject to hydrolysis) is 1. The molecule has 0 saturated carbocycles. The van der Waals surface area contributed by atoms with Crippen LogP contribution in [0.15, 0.2) is 48.5 Å². The molecule has 0 aliphatic heterocycles. The number of aliphatic carboxylic acids is 1. The topological polar surface area (TPSA) is 105 Å². The zero-order chi connectivity index (χ0) is 23.1. The summed E-state index contributed by atoms with van der Waals surface area (Å²) in [7, 11) is 0. The molecule has 0 spiro atoms. The van der Waals surface area contributed by atoms with Gasteiger partial charge in [0.15, 0.2) is 0 Å². The molecule has 32 heavy (non-hydrogen) atoms. The second-order valence-electron chi connectivity index (χ2n) is 7.24. The highest BCUT2D eigenvalue weighted by Crippen LogP contribution is 2.44. The number of carbonyl (C=O) groups is 3. The smallest absolute Gasteiger partial charge is 0.407 e. The van der Waals surface area contributed by atoms with Crippen LogP contribution >= 0.6 is 0 Å². The van der Waals surface area contributed by atoms with E-state index in [1.54, 1.807) is 0 Å². The second kappa shape index (κ2) is 10.2. The number of ether oxygens (including phenoxy) is 1. The third kappa shape index (κ3) is 4.91. The number of carboxylic acids is 1. The molecule has 0 saturated heterocycles. The van der Waals surface area contributed by atoms with E-state index in [0.29, 0.717) is 0 Å². The number of fused-ring (bicyclic) bond motifs is 3. The summed E-state index contributed by atoms with van der Waals surface area (Å²) in [5, 5.41) is 13.8. The molecule has 7 heteroatoms. The molecule has 1 aliphatic rings. The van der Waals surface area contributed by atoms with Crippen LogP contribution in [0, 0.1) is 24.7 Å². The highest BCUT2D eigenvalue weighted by atomic mass is 16.5. The van der Waals surface area contributed by atoms with Gasteiger partial charge in [0.25, 0.3) is 0 Å². The maximum Gasteiger partial charge on any atom is 0.407 e. The summed E-state index contributed by atoms with van der Waals surface area (Å²) in [6, 6.07) is 13.4. The average Bonchev–Trinajstić information content (AvgIpc) is 3.10. The number of amides is 2. The number of hydrogen-bond acceptors (Lipinski definition) is 4. The number of carbonyl (C=O) groups excluding carboxylic acids is 2. The van der Waals surface area contributed by atoms with Gasteiger partial charge in [-0.1, -0.05) is 48.5 Å². The van der Waals surface area contributed by atoms with E-state index < -0.39 is 30.1 Å². The molecule has 3 N–H and O–H groups in total. The molecular formula is C25H22N2O5.